The lowest BCUT2D eigenvalue weighted by atomic mass is 10.1. The van der Waals surface area contributed by atoms with Crippen LogP contribution in [0.15, 0.2) is 47.1 Å². The highest BCUT2D eigenvalue weighted by atomic mass is 79.9. The Morgan fingerprint density at radius 1 is 1.29 bits per heavy atom. The molecule has 0 spiro atoms. The molecule has 0 saturated heterocycles. The number of methoxy groups -OCH3 is 1. The van der Waals surface area contributed by atoms with E-state index >= 15 is 0 Å². The summed E-state index contributed by atoms with van der Waals surface area (Å²) in [6, 6.07) is 12.4. The van der Waals surface area contributed by atoms with E-state index in [0.29, 0.717) is 0 Å². The Balaban J connectivity index is 1.87. The summed E-state index contributed by atoms with van der Waals surface area (Å²) in [5, 5.41) is 11.7. The van der Waals surface area contributed by atoms with Crippen LogP contribution < -0.4 is 10.1 Å². The van der Waals surface area contributed by atoms with Crippen molar-refractivity contribution in [1.82, 2.24) is 10.2 Å². The van der Waals surface area contributed by atoms with Gasteiger partial charge in [0.15, 0.2) is 0 Å². The first-order valence-corrected chi connectivity index (χ1v) is 7.50. The molecule has 21 heavy (non-hydrogen) atoms. The second-order valence-electron chi connectivity index (χ2n) is 4.90. The smallest absolute Gasteiger partial charge is 0.133 e. The topological polar surface area (TPSA) is 49.9 Å². The lowest BCUT2D eigenvalue weighted by Gasteiger charge is -2.17. The first-order chi connectivity index (χ1) is 10.2. The van der Waals surface area contributed by atoms with Crippen molar-refractivity contribution in [2.45, 2.75) is 13.0 Å². The maximum absolute atomic E-state index is 5.27. The molecule has 0 bridgehead atoms. The SMILES string of the molecule is COc1ccc(C(C)Nc2cccc3[nH]ncc23)cc1Br. The monoisotopic (exact) mass is 345 g/mol. The fourth-order valence-electron chi connectivity index (χ4n) is 2.36. The van der Waals surface area contributed by atoms with Crippen LogP contribution in [-0.4, -0.2) is 17.3 Å². The van der Waals surface area contributed by atoms with Crippen LogP contribution in [0.5, 0.6) is 5.75 Å². The number of nitrogens with zero attached hydrogens (tertiary/aromatic N) is 1. The van der Waals surface area contributed by atoms with Gasteiger partial charge in [0.25, 0.3) is 0 Å². The summed E-state index contributed by atoms with van der Waals surface area (Å²) >= 11 is 3.53. The van der Waals surface area contributed by atoms with Crippen molar-refractivity contribution in [2.75, 3.05) is 12.4 Å². The van der Waals surface area contributed by atoms with E-state index in [1.165, 1.54) is 5.56 Å². The van der Waals surface area contributed by atoms with Gasteiger partial charge in [-0.3, -0.25) is 5.10 Å². The van der Waals surface area contributed by atoms with Crippen LogP contribution in [0.2, 0.25) is 0 Å². The Hall–Kier alpha value is -2.01. The highest BCUT2D eigenvalue weighted by molar-refractivity contribution is 9.10. The zero-order chi connectivity index (χ0) is 14.8. The number of aromatic amines is 1. The van der Waals surface area contributed by atoms with E-state index in [4.69, 9.17) is 4.74 Å². The van der Waals surface area contributed by atoms with Crippen LogP contribution in [0.4, 0.5) is 5.69 Å². The molecule has 1 heterocycles. The molecule has 4 nitrogen and oxygen atoms in total. The Morgan fingerprint density at radius 3 is 2.90 bits per heavy atom. The molecule has 108 valence electrons. The minimum Gasteiger partial charge on any atom is -0.496 e. The normalized spacial score (nSPS) is 12.3. The van der Waals surface area contributed by atoms with Gasteiger partial charge in [-0.2, -0.15) is 5.10 Å². The third-order valence-corrected chi connectivity index (χ3v) is 4.15. The van der Waals surface area contributed by atoms with Gasteiger partial charge < -0.3 is 10.1 Å². The molecule has 0 saturated carbocycles. The van der Waals surface area contributed by atoms with Crippen LogP contribution in [-0.2, 0) is 0 Å². The molecule has 1 aromatic heterocycles. The minimum absolute atomic E-state index is 0.174. The molecule has 1 atom stereocenters. The summed E-state index contributed by atoms with van der Waals surface area (Å²) in [7, 11) is 1.67. The van der Waals surface area contributed by atoms with E-state index in [1.54, 1.807) is 7.11 Å². The van der Waals surface area contributed by atoms with Crippen molar-refractivity contribution in [3.8, 4) is 5.75 Å². The quantitative estimate of drug-likeness (QED) is 0.731. The molecule has 5 heteroatoms. The van der Waals surface area contributed by atoms with Crippen molar-refractivity contribution in [2.24, 2.45) is 0 Å². The number of halogens is 1. The van der Waals surface area contributed by atoms with Gasteiger partial charge in [0.05, 0.1) is 23.3 Å². The van der Waals surface area contributed by atoms with Gasteiger partial charge in [-0.15, -0.1) is 0 Å². The van der Waals surface area contributed by atoms with E-state index < -0.39 is 0 Å². The average molecular weight is 346 g/mol. The van der Waals surface area contributed by atoms with Crippen LogP contribution >= 0.6 is 15.9 Å². The van der Waals surface area contributed by atoms with Gasteiger partial charge in [0, 0.05) is 17.1 Å². The Morgan fingerprint density at radius 2 is 2.14 bits per heavy atom. The standard InChI is InChI=1S/C16H16BrN3O/c1-10(11-6-7-16(21-2)13(17)8-11)19-14-4-3-5-15-12(14)9-18-20-15/h3-10,19H,1-2H3,(H,18,20). The first kappa shape index (κ1) is 13.9. The molecule has 3 rings (SSSR count). The molecule has 0 radical (unpaired) electrons. The number of aromatic nitrogens is 2. The number of rotatable bonds is 4. The summed E-state index contributed by atoms with van der Waals surface area (Å²) in [5.74, 6) is 0.836. The van der Waals surface area contributed by atoms with Crippen molar-refractivity contribution in [1.29, 1.82) is 0 Å². The molecule has 0 fully saturated rings. The fourth-order valence-corrected chi connectivity index (χ4v) is 2.92. The largest absolute Gasteiger partial charge is 0.496 e. The van der Waals surface area contributed by atoms with Gasteiger partial charge in [-0.1, -0.05) is 12.1 Å². The van der Waals surface area contributed by atoms with Crippen molar-refractivity contribution < 1.29 is 4.74 Å². The van der Waals surface area contributed by atoms with E-state index in [0.717, 1.165) is 26.8 Å². The predicted octanol–water partition coefficient (Wildman–Crippen LogP) is 4.51. The molecule has 2 aromatic carbocycles. The van der Waals surface area contributed by atoms with Gasteiger partial charge in [0.1, 0.15) is 5.75 Å². The van der Waals surface area contributed by atoms with Gasteiger partial charge in [-0.05, 0) is 52.7 Å². The minimum atomic E-state index is 0.174. The Kier molecular flexibility index (Phi) is 3.84. The number of benzene rings is 2. The number of H-pyrrole nitrogens is 1. The van der Waals surface area contributed by atoms with E-state index in [-0.39, 0.29) is 6.04 Å². The van der Waals surface area contributed by atoms with Crippen LogP contribution in [0.25, 0.3) is 10.9 Å². The third-order valence-electron chi connectivity index (χ3n) is 3.53. The molecular weight excluding hydrogens is 330 g/mol. The number of nitrogens with one attached hydrogen (secondary N) is 2. The molecule has 0 aliphatic rings. The van der Waals surface area contributed by atoms with Gasteiger partial charge >= 0.3 is 0 Å². The third kappa shape index (κ3) is 2.74. The highest BCUT2D eigenvalue weighted by Gasteiger charge is 2.10. The number of fused-ring (bicyclic) bond motifs is 1. The van der Waals surface area contributed by atoms with Crippen LogP contribution in [0, 0.1) is 0 Å². The van der Waals surface area contributed by atoms with Crippen molar-refractivity contribution in [3.63, 3.8) is 0 Å². The predicted molar refractivity (Wildman–Crippen MR) is 88.8 cm³/mol. The molecule has 0 aliphatic carbocycles. The lowest BCUT2D eigenvalue weighted by Crippen LogP contribution is -2.07. The number of ether oxygens (including phenoxy) is 1. The maximum Gasteiger partial charge on any atom is 0.133 e. The highest BCUT2D eigenvalue weighted by Crippen LogP contribution is 2.30. The molecule has 0 amide bonds. The molecule has 3 aromatic rings. The molecule has 0 aliphatic heterocycles. The number of anilines is 1. The zero-order valence-electron chi connectivity index (χ0n) is 11.9. The number of hydrogen-bond donors (Lipinski definition) is 2. The zero-order valence-corrected chi connectivity index (χ0v) is 13.4. The fraction of sp³-hybridized carbons (Fsp3) is 0.188. The summed E-state index contributed by atoms with van der Waals surface area (Å²) in [6.07, 6.45) is 1.84. The lowest BCUT2D eigenvalue weighted by molar-refractivity contribution is 0.412. The first-order valence-electron chi connectivity index (χ1n) is 6.71. The summed E-state index contributed by atoms with van der Waals surface area (Å²) in [4.78, 5) is 0. The van der Waals surface area contributed by atoms with Crippen LogP contribution in [0.3, 0.4) is 0 Å². The van der Waals surface area contributed by atoms with Gasteiger partial charge in [-0.25, -0.2) is 0 Å². The summed E-state index contributed by atoms with van der Waals surface area (Å²) < 4.78 is 6.22. The average Bonchev–Trinajstić information content (AvgIpc) is 2.96. The molecular formula is C16H16BrN3O. The number of hydrogen-bond acceptors (Lipinski definition) is 3. The van der Waals surface area contributed by atoms with E-state index in [9.17, 15) is 0 Å². The second-order valence-corrected chi connectivity index (χ2v) is 5.75. The Bertz CT molecular complexity index is 769. The van der Waals surface area contributed by atoms with Crippen LogP contribution in [0.1, 0.15) is 18.5 Å². The Labute approximate surface area is 131 Å². The maximum atomic E-state index is 5.27. The van der Waals surface area contributed by atoms with E-state index in [1.807, 2.05) is 24.4 Å². The van der Waals surface area contributed by atoms with Crippen molar-refractivity contribution in [3.05, 3.63) is 52.6 Å². The molecule has 1 unspecified atom stereocenters. The van der Waals surface area contributed by atoms with Crippen molar-refractivity contribution >= 4 is 32.5 Å². The summed E-state index contributed by atoms with van der Waals surface area (Å²) in [5.41, 5.74) is 3.28. The van der Waals surface area contributed by atoms with E-state index in [2.05, 4.69) is 56.6 Å². The second kappa shape index (κ2) is 5.77. The summed E-state index contributed by atoms with van der Waals surface area (Å²) in [6.45, 7) is 2.13. The van der Waals surface area contributed by atoms with Gasteiger partial charge in [0.2, 0.25) is 0 Å². The molecule has 2 N–H and O–H groups in total.